The topological polar surface area (TPSA) is 113 Å². The molecular formula is C16H30N2O6S. The van der Waals surface area contributed by atoms with Gasteiger partial charge in [0, 0.05) is 26.6 Å². The van der Waals surface area contributed by atoms with Gasteiger partial charge in [-0.05, 0) is 51.9 Å². The Morgan fingerprint density at radius 1 is 1.24 bits per heavy atom. The highest BCUT2D eigenvalue weighted by Crippen LogP contribution is 2.32. The van der Waals surface area contributed by atoms with Crippen LogP contribution in [-0.4, -0.2) is 61.4 Å². The van der Waals surface area contributed by atoms with Crippen molar-refractivity contribution in [3.8, 4) is 0 Å². The van der Waals surface area contributed by atoms with E-state index in [-0.39, 0.29) is 11.8 Å². The highest BCUT2D eigenvalue weighted by atomic mass is 32.2. The van der Waals surface area contributed by atoms with Gasteiger partial charge in [0.15, 0.2) is 0 Å². The third-order valence-corrected chi connectivity index (χ3v) is 5.04. The summed E-state index contributed by atoms with van der Waals surface area (Å²) in [6, 6.07) is -0.467. The molecule has 1 aliphatic rings. The minimum Gasteiger partial charge on any atom is -0.444 e. The van der Waals surface area contributed by atoms with Crippen molar-refractivity contribution in [1.82, 2.24) is 10.2 Å². The van der Waals surface area contributed by atoms with Crippen molar-refractivity contribution in [2.24, 2.45) is 11.8 Å². The Balaban J connectivity index is 2.80. The number of carbonyl (C=O) groups is 2. The molecule has 0 radical (unpaired) electrons. The fraction of sp³-hybridized carbons (Fsp3) is 0.875. The Morgan fingerprint density at radius 3 is 2.32 bits per heavy atom. The number of carbonyl (C=O) groups excluding carboxylic acids is 2. The number of amides is 2. The van der Waals surface area contributed by atoms with Crippen LogP contribution in [0.25, 0.3) is 0 Å². The summed E-state index contributed by atoms with van der Waals surface area (Å²) in [6.07, 6.45) is 1.37. The minimum absolute atomic E-state index is 0.00533. The fourth-order valence-corrected chi connectivity index (χ4v) is 3.98. The molecule has 0 aromatic rings. The van der Waals surface area contributed by atoms with Gasteiger partial charge in [-0.3, -0.25) is 9.35 Å². The number of rotatable bonds is 5. The van der Waals surface area contributed by atoms with Gasteiger partial charge in [-0.15, -0.1) is 0 Å². The molecule has 0 spiro atoms. The molecule has 0 saturated heterocycles. The van der Waals surface area contributed by atoms with E-state index in [4.69, 9.17) is 9.29 Å². The van der Waals surface area contributed by atoms with Gasteiger partial charge in [0.25, 0.3) is 10.1 Å². The van der Waals surface area contributed by atoms with Gasteiger partial charge in [0.1, 0.15) is 5.60 Å². The number of ether oxygens (including phenoxy) is 1. The summed E-state index contributed by atoms with van der Waals surface area (Å²) in [7, 11) is -0.782. The molecule has 25 heavy (non-hydrogen) atoms. The molecule has 0 aromatic heterocycles. The maximum absolute atomic E-state index is 12.1. The quantitative estimate of drug-likeness (QED) is 0.704. The van der Waals surface area contributed by atoms with Crippen LogP contribution in [0.1, 0.15) is 46.5 Å². The van der Waals surface area contributed by atoms with Crippen LogP contribution in [-0.2, 0) is 19.6 Å². The van der Waals surface area contributed by atoms with Crippen LogP contribution >= 0.6 is 0 Å². The van der Waals surface area contributed by atoms with Crippen LogP contribution in [0, 0.1) is 11.8 Å². The van der Waals surface area contributed by atoms with Gasteiger partial charge in [-0.25, -0.2) is 4.79 Å². The molecule has 0 heterocycles. The second kappa shape index (κ2) is 8.35. The molecular weight excluding hydrogens is 348 g/mol. The summed E-state index contributed by atoms with van der Waals surface area (Å²) in [5.41, 5.74) is -0.669. The Kier molecular flexibility index (Phi) is 7.25. The van der Waals surface area contributed by atoms with Gasteiger partial charge in [-0.1, -0.05) is 0 Å². The van der Waals surface area contributed by atoms with E-state index in [9.17, 15) is 18.0 Å². The first-order chi connectivity index (χ1) is 11.3. The number of hydrogen-bond donors (Lipinski definition) is 2. The molecule has 1 aliphatic carbocycles. The van der Waals surface area contributed by atoms with Gasteiger partial charge >= 0.3 is 6.09 Å². The van der Waals surface area contributed by atoms with Crippen molar-refractivity contribution in [3.63, 3.8) is 0 Å². The lowest BCUT2D eigenvalue weighted by molar-refractivity contribution is -0.130. The normalized spacial score (nSPS) is 24.5. The Bertz CT molecular complexity index is 582. The van der Waals surface area contributed by atoms with Crippen molar-refractivity contribution in [3.05, 3.63) is 0 Å². The molecule has 2 N–H and O–H groups in total. The first-order valence-corrected chi connectivity index (χ1v) is 10.0. The Hall–Kier alpha value is -1.35. The van der Waals surface area contributed by atoms with Gasteiger partial charge < -0.3 is 15.0 Å². The zero-order chi connectivity index (χ0) is 19.4. The molecule has 8 nitrogen and oxygen atoms in total. The molecule has 3 atom stereocenters. The predicted molar refractivity (Wildman–Crippen MR) is 93.7 cm³/mol. The van der Waals surface area contributed by atoms with Crippen molar-refractivity contribution in [2.75, 3.05) is 19.8 Å². The zero-order valence-electron chi connectivity index (χ0n) is 15.6. The number of nitrogens with one attached hydrogen (secondary N) is 1. The number of hydrogen-bond acceptors (Lipinski definition) is 5. The highest BCUT2D eigenvalue weighted by Gasteiger charge is 2.35. The summed E-state index contributed by atoms with van der Waals surface area (Å²) in [4.78, 5) is 25.5. The summed E-state index contributed by atoms with van der Waals surface area (Å²) in [5.74, 6) is -0.781. The van der Waals surface area contributed by atoms with Crippen molar-refractivity contribution >= 4 is 22.1 Å². The lowest BCUT2D eigenvalue weighted by Gasteiger charge is -2.36. The molecule has 2 amide bonds. The standard InChI is InChI=1S/C16H30N2O6S/c1-16(2,3)24-15(20)17-13-8-11(9-14(19)18(4)5)6-7-12(13)10-25(21,22)23/h11-13H,6-10H2,1-5H3,(H,17,20)(H,21,22,23)/t11-,12?,13+/m0/s1. The first-order valence-electron chi connectivity index (χ1n) is 8.41. The Morgan fingerprint density at radius 2 is 1.84 bits per heavy atom. The summed E-state index contributed by atoms with van der Waals surface area (Å²) in [6.45, 7) is 5.21. The molecule has 0 aliphatic heterocycles. The molecule has 1 fully saturated rings. The monoisotopic (exact) mass is 378 g/mol. The van der Waals surface area contributed by atoms with Crippen LogP contribution in [0.2, 0.25) is 0 Å². The molecule has 9 heteroatoms. The van der Waals surface area contributed by atoms with E-state index < -0.39 is 39.5 Å². The SMILES string of the molecule is CN(C)C(=O)C[C@H]1CCC(CS(=O)(=O)O)[C@H](NC(=O)OC(C)(C)C)C1. The lowest BCUT2D eigenvalue weighted by Crippen LogP contribution is -2.48. The van der Waals surface area contributed by atoms with E-state index in [0.29, 0.717) is 25.7 Å². The van der Waals surface area contributed by atoms with Crippen LogP contribution in [0.15, 0.2) is 0 Å². The van der Waals surface area contributed by atoms with Crippen LogP contribution in [0.5, 0.6) is 0 Å². The molecule has 0 bridgehead atoms. The van der Waals surface area contributed by atoms with Gasteiger partial charge in [0.05, 0.1) is 5.75 Å². The van der Waals surface area contributed by atoms with E-state index in [1.54, 1.807) is 34.9 Å². The first kappa shape index (κ1) is 21.7. The van der Waals surface area contributed by atoms with E-state index >= 15 is 0 Å². The van der Waals surface area contributed by atoms with Crippen molar-refractivity contribution in [1.29, 1.82) is 0 Å². The van der Waals surface area contributed by atoms with E-state index in [1.807, 2.05) is 0 Å². The predicted octanol–water partition coefficient (Wildman–Crippen LogP) is 1.66. The van der Waals surface area contributed by atoms with Gasteiger partial charge in [0.2, 0.25) is 5.91 Å². The average Bonchev–Trinajstić information content (AvgIpc) is 2.37. The third-order valence-electron chi connectivity index (χ3n) is 4.19. The summed E-state index contributed by atoms with van der Waals surface area (Å²) in [5, 5.41) is 2.72. The molecule has 146 valence electrons. The number of nitrogens with zero attached hydrogens (tertiary/aromatic N) is 1. The maximum atomic E-state index is 12.1. The smallest absolute Gasteiger partial charge is 0.407 e. The molecule has 1 saturated carbocycles. The zero-order valence-corrected chi connectivity index (χ0v) is 16.4. The second-order valence-electron chi connectivity index (χ2n) is 7.93. The Labute approximate surface area is 150 Å². The second-order valence-corrected chi connectivity index (χ2v) is 9.43. The van der Waals surface area contributed by atoms with E-state index in [2.05, 4.69) is 5.32 Å². The highest BCUT2D eigenvalue weighted by molar-refractivity contribution is 7.85. The van der Waals surface area contributed by atoms with Crippen molar-refractivity contribution in [2.45, 2.75) is 58.1 Å². The van der Waals surface area contributed by atoms with Crippen LogP contribution in [0.4, 0.5) is 4.79 Å². The molecule has 0 aromatic carbocycles. The van der Waals surface area contributed by atoms with Crippen LogP contribution < -0.4 is 5.32 Å². The maximum Gasteiger partial charge on any atom is 0.407 e. The summed E-state index contributed by atoms with van der Waals surface area (Å²) >= 11 is 0. The third kappa shape index (κ3) is 8.53. The molecule has 1 rings (SSSR count). The molecule has 1 unspecified atom stereocenters. The number of alkyl carbamates (subject to hydrolysis) is 1. The largest absolute Gasteiger partial charge is 0.444 e. The van der Waals surface area contributed by atoms with Crippen LogP contribution in [0.3, 0.4) is 0 Å². The average molecular weight is 378 g/mol. The fourth-order valence-electron chi connectivity index (χ4n) is 3.04. The van der Waals surface area contributed by atoms with E-state index in [0.717, 1.165) is 0 Å². The minimum atomic E-state index is -4.15. The van der Waals surface area contributed by atoms with E-state index in [1.165, 1.54) is 4.90 Å². The van der Waals surface area contributed by atoms with Crippen molar-refractivity contribution < 1.29 is 27.3 Å². The summed E-state index contributed by atoms with van der Waals surface area (Å²) < 4.78 is 36.9. The lowest BCUT2D eigenvalue weighted by atomic mass is 9.77. The van der Waals surface area contributed by atoms with Gasteiger partial charge in [-0.2, -0.15) is 8.42 Å².